The van der Waals surface area contributed by atoms with Gasteiger partial charge in [-0.25, -0.2) is 4.39 Å². The minimum atomic E-state index is -0.324. The van der Waals surface area contributed by atoms with E-state index < -0.39 is 0 Å². The Balaban J connectivity index is 1.39. The molecule has 0 aliphatic carbocycles. The minimum absolute atomic E-state index is 0.271. The Kier molecular flexibility index (Phi) is 4.09. The Morgan fingerprint density at radius 1 is 0.897 bits per heavy atom. The second-order valence-corrected chi connectivity index (χ2v) is 6.48. The van der Waals surface area contributed by atoms with Crippen LogP contribution in [0, 0.1) is 5.82 Å². The Morgan fingerprint density at radius 3 is 2.48 bits per heavy atom. The average Bonchev–Trinajstić information content (AvgIpc) is 3.17. The number of aromatic nitrogens is 3. The van der Waals surface area contributed by atoms with Crippen molar-refractivity contribution in [3.8, 4) is 17.2 Å². The summed E-state index contributed by atoms with van der Waals surface area (Å²) in [4.78, 5) is 14.0. The van der Waals surface area contributed by atoms with Crippen molar-refractivity contribution in [3.63, 3.8) is 0 Å². The first kappa shape index (κ1) is 17.2. The van der Waals surface area contributed by atoms with Crippen LogP contribution in [0.1, 0.15) is 10.4 Å². The van der Waals surface area contributed by atoms with Gasteiger partial charge in [-0.2, -0.15) is 4.80 Å². The lowest BCUT2D eigenvalue weighted by molar-refractivity contribution is 0.102. The van der Waals surface area contributed by atoms with Gasteiger partial charge in [-0.3, -0.25) is 4.79 Å². The molecule has 1 N–H and O–H groups in total. The lowest BCUT2D eigenvalue weighted by Crippen LogP contribution is -2.17. The number of carbonyl (C=O) groups excluding carboxylic acids is 1. The van der Waals surface area contributed by atoms with E-state index in [1.807, 2.05) is 0 Å². The van der Waals surface area contributed by atoms with Crippen LogP contribution in [-0.4, -0.2) is 34.1 Å². The lowest BCUT2D eigenvalue weighted by Gasteiger charge is -2.18. The van der Waals surface area contributed by atoms with Crippen molar-refractivity contribution in [1.29, 1.82) is 0 Å². The molecule has 0 radical (unpaired) electrons. The molecule has 0 spiro atoms. The Labute approximate surface area is 164 Å². The quantitative estimate of drug-likeness (QED) is 0.579. The molecule has 4 aromatic rings. The van der Waals surface area contributed by atoms with E-state index in [4.69, 9.17) is 9.47 Å². The summed E-state index contributed by atoms with van der Waals surface area (Å²) in [5.41, 5.74) is 2.96. The van der Waals surface area contributed by atoms with E-state index in [2.05, 4.69) is 15.5 Å². The van der Waals surface area contributed by atoms with Gasteiger partial charge in [0.05, 0.1) is 5.69 Å². The first-order valence-corrected chi connectivity index (χ1v) is 9.00. The number of amides is 1. The predicted molar refractivity (Wildman–Crippen MR) is 104 cm³/mol. The number of hydrogen-bond acceptors (Lipinski definition) is 5. The van der Waals surface area contributed by atoms with Gasteiger partial charge in [0.25, 0.3) is 5.91 Å². The molecule has 7 nitrogen and oxygen atoms in total. The first-order chi connectivity index (χ1) is 14.2. The third-order valence-electron chi connectivity index (χ3n) is 4.50. The van der Waals surface area contributed by atoms with Crippen LogP contribution in [0.3, 0.4) is 0 Å². The first-order valence-electron chi connectivity index (χ1n) is 9.00. The number of carbonyl (C=O) groups is 1. The molecule has 29 heavy (non-hydrogen) atoms. The van der Waals surface area contributed by atoms with E-state index in [9.17, 15) is 9.18 Å². The number of anilines is 1. The van der Waals surface area contributed by atoms with Gasteiger partial charge in [0.2, 0.25) is 0 Å². The van der Waals surface area contributed by atoms with Gasteiger partial charge < -0.3 is 14.8 Å². The van der Waals surface area contributed by atoms with Crippen molar-refractivity contribution in [2.75, 3.05) is 18.5 Å². The van der Waals surface area contributed by atoms with Crippen LogP contribution in [0.25, 0.3) is 16.7 Å². The van der Waals surface area contributed by atoms with Crippen molar-refractivity contribution in [2.45, 2.75) is 0 Å². The van der Waals surface area contributed by atoms with Crippen molar-refractivity contribution in [3.05, 3.63) is 72.0 Å². The molecule has 1 amide bonds. The van der Waals surface area contributed by atoms with Gasteiger partial charge in [0, 0.05) is 11.3 Å². The van der Waals surface area contributed by atoms with E-state index >= 15 is 0 Å². The van der Waals surface area contributed by atoms with E-state index in [1.54, 1.807) is 48.5 Å². The highest BCUT2D eigenvalue weighted by Crippen LogP contribution is 2.31. The molecule has 0 unspecified atom stereocenters. The largest absolute Gasteiger partial charge is 0.486 e. The molecule has 144 valence electrons. The summed E-state index contributed by atoms with van der Waals surface area (Å²) in [6, 6.07) is 16.2. The summed E-state index contributed by atoms with van der Waals surface area (Å²) in [5, 5.41) is 11.6. The smallest absolute Gasteiger partial charge is 0.255 e. The molecule has 0 saturated carbocycles. The molecule has 1 aliphatic heterocycles. The van der Waals surface area contributed by atoms with Crippen LogP contribution in [0.2, 0.25) is 0 Å². The third-order valence-corrected chi connectivity index (χ3v) is 4.50. The Bertz CT molecular complexity index is 1220. The zero-order chi connectivity index (χ0) is 19.8. The molecule has 0 bridgehead atoms. The summed E-state index contributed by atoms with van der Waals surface area (Å²) in [6.07, 6.45) is 0. The number of rotatable bonds is 3. The maximum absolute atomic E-state index is 13.1. The molecule has 0 saturated heterocycles. The standard InChI is InChI=1S/C21H15FN4O3/c22-14-2-5-16(6-3-14)26-24-17-7-4-15(12-18(17)25-26)23-21(27)13-1-8-19-20(11-13)29-10-9-28-19/h1-8,11-12H,9-10H2,(H,23,27). The topological polar surface area (TPSA) is 78.3 Å². The number of benzene rings is 3. The molecule has 3 aromatic carbocycles. The average molecular weight is 390 g/mol. The summed E-state index contributed by atoms with van der Waals surface area (Å²) in [6.45, 7) is 0.954. The van der Waals surface area contributed by atoms with Crippen molar-refractivity contribution < 1.29 is 18.7 Å². The second-order valence-electron chi connectivity index (χ2n) is 6.48. The van der Waals surface area contributed by atoms with Crippen LogP contribution in [-0.2, 0) is 0 Å². The number of halogens is 1. The van der Waals surface area contributed by atoms with E-state index in [0.717, 1.165) is 0 Å². The molecule has 1 aliphatic rings. The van der Waals surface area contributed by atoms with Crippen LogP contribution in [0.4, 0.5) is 10.1 Å². The predicted octanol–water partition coefficient (Wildman–Crippen LogP) is 3.58. The SMILES string of the molecule is O=C(Nc1ccc2nn(-c3ccc(F)cc3)nc2c1)c1ccc2c(c1)OCCO2. The molecular weight excluding hydrogens is 375 g/mol. The van der Waals surface area contributed by atoms with Crippen LogP contribution in [0.5, 0.6) is 11.5 Å². The summed E-state index contributed by atoms with van der Waals surface area (Å²) in [7, 11) is 0. The Hall–Kier alpha value is -3.94. The fourth-order valence-electron chi connectivity index (χ4n) is 3.07. The Morgan fingerprint density at radius 2 is 1.66 bits per heavy atom. The van der Waals surface area contributed by atoms with Gasteiger partial charge >= 0.3 is 0 Å². The van der Waals surface area contributed by atoms with Crippen molar-refractivity contribution >= 4 is 22.6 Å². The zero-order valence-corrected chi connectivity index (χ0v) is 15.1. The highest BCUT2D eigenvalue weighted by Gasteiger charge is 2.15. The third kappa shape index (κ3) is 3.36. The molecule has 0 fully saturated rings. The highest BCUT2D eigenvalue weighted by molar-refractivity contribution is 6.05. The lowest BCUT2D eigenvalue weighted by atomic mass is 10.1. The summed E-state index contributed by atoms with van der Waals surface area (Å²) in [5.74, 6) is 0.593. The second kappa shape index (κ2) is 6.90. The van der Waals surface area contributed by atoms with Crippen LogP contribution in [0.15, 0.2) is 60.7 Å². The number of nitrogens with one attached hydrogen (secondary N) is 1. The normalized spacial score (nSPS) is 12.7. The molecule has 5 rings (SSSR count). The maximum atomic E-state index is 13.1. The fourth-order valence-corrected chi connectivity index (χ4v) is 3.07. The molecule has 2 heterocycles. The molecular formula is C21H15FN4O3. The van der Waals surface area contributed by atoms with Gasteiger partial charge in [-0.1, -0.05) is 0 Å². The fraction of sp³-hybridized carbons (Fsp3) is 0.0952. The summed E-state index contributed by atoms with van der Waals surface area (Å²) < 4.78 is 24.1. The van der Waals surface area contributed by atoms with Gasteiger partial charge in [0.15, 0.2) is 11.5 Å². The van der Waals surface area contributed by atoms with Crippen molar-refractivity contribution in [2.24, 2.45) is 0 Å². The minimum Gasteiger partial charge on any atom is -0.486 e. The van der Waals surface area contributed by atoms with Gasteiger partial charge in [-0.15, -0.1) is 10.2 Å². The van der Waals surface area contributed by atoms with Gasteiger partial charge in [0.1, 0.15) is 30.1 Å². The van der Waals surface area contributed by atoms with Gasteiger partial charge in [-0.05, 0) is 60.7 Å². The number of hydrogen-bond donors (Lipinski definition) is 1. The monoisotopic (exact) mass is 390 g/mol. The van der Waals surface area contributed by atoms with Crippen LogP contribution < -0.4 is 14.8 Å². The number of fused-ring (bicyclic) bond motifs is 2. The van der Waals surface area contributed by atoms with Crippen LogP contribution >= 0.6 is 0 Å². The highest BCUT2D eigenvalue weighted by atomic mass is 19.1. The number of nitrogens with zero attached hydrogens (tertiary/aromatic N) is 3. The van der Waals surface area contributed by atoms with E-state index in [1.165, 1.54) is 16.9 Å². The molecule has 8 heteroatoms. The molecule has 0 atom stereocenters. The van der Waals surface area contributed by atoms with Crippen molar-refractivity contribution in [1.82, 2.24) is 15.0 Å². The van der Waals surface area contributed by atoms with E-state index in [0.29, 0.717) is 52.7 Å². The number of ether oxygens (including phenoxy) is 2. The van der Waals surface area contributed by atoms with E-state index in [-0.39, 0.29) is 11.7 Å². The summed E-state index contributed by atoms with van der Waals surface area (Å²) >= 11 is 0. The zero-order valence-electron chi connectivity index (χ0n) is 15.1. The molecule has 1 aromatic heterocycles. The maximum Gasteiger partial charge on any atom is 0.255 e.